The largest absolute Gasteiger partial charge is 0.496 e. The van der Waals surface area contributed by atoms with E-state index >= 15 is 0 Å². The summed E-state index contributed by atoms with van der Waals surface area (Å²) in [6.45, 7) is 4.73. The third kappa shape index (κ3) is 4.97. The van der Waals surface area contributed by atoms with Gasteiger partial charge >= 0.3 is 5.97 Å². The fourth-order valence-electron chi connectivity index (χ4n) is 2.11. The van der Waals surface area contributed by atoms with E-state index in [0.717, 1.165) is 0 Å². The highest BCUT2D eigenvalue weighted by Crippen LogP contribution is 2.24. The van der Waals surface area contributed by atoms with Crippen LogP contribution in [0.4, 0.5) is 5.69 Å². The van der Waals surface area contributed by atoms with Gasteiger partial charge in [-0.25, -0.2) is 4.79 Å². The summed E-state index contributed by atoms with van der Waals surface area (Å²) < 4.78 is 10.6. The highest BCUT2D eigenvalue weighted by molar-refractivity contribution is 6.04. The van der Waals surface area contributed by atoms with Gasteiger partial charge in [0, 0.05) is 17.3 Å². The van der Waals surface area contributed by atoms with Crippen LogP contribution in [0.3, 0.4) is 0 Å². The number of aromatic carboxylic acids is 1. The molecule has 0 spiro atoms. The predicted octanol–water partition coefficient (Wildman–Crippen LogP) is 3.68. The molecule has 0 aliphatic rings. The minimum Gasteiger partial charge on any atom is -0.496 e. The third-order valence-corrected chi connectivity index (χ3v) is 3.39. The van der Waals surface area contributed by atoms with E-state index in [9.17, 15) is 9.59 Å². The van der Waals surface area contributed by atoms with Gasteiger partial charge in [-0.1, -0.05) is 13.8 Å². The number of methoxy groups -OCH3 is 1. The number of nitrogens with one attached hydrogen (secondary N) is 1. The van der Waals surface area contributed by atoms with Crippen molar-refractivity contribution in [2.75, 3.05) is 19.0 Å². The first-order chi connectivity index (χ1) is 11.9. The molecule has 1 amide bonds. The molecule has 6 nitrogen and oxygen atoms in total. The number of anilines is 1. The van der Waals surface area contributed by atoms with Gasteiger partial charge in [0.25, 0.3) is 5.91 Å². The maximum absolute atomic E-state index is 12.3. The van der Waals surface area contributed by atoms with E-state index in [0.29, 0.717) is 29.5 Å². The molecule has 0 aliphatic heterocycles. The molecule has 0 bridgehead atoms. The smallest absolute Gasteiger partial charge is 0.339 e. The standard InChI is InChI=1S/C19H21NO5/c1-12(2)11-25-15-7-4-13(5-8-15)18(21)20-14-6-9-16(19(22)23)17(10-14)24-3/h4-10,12H,11H2,1-3H3,(H,20,21)(H,22,23). The lowest BCUT2D eigenvalue weighted by Gasteiger charge is -2.11. The summed E-state index contributed by atoms with van der Waals surface area (Å²) in [6.07, 6.45) is 0. The monoisotopic (exact) mass is 343 g/mol. The quantitative estimate of drug-likeness (QED) is 0.801. The van der Waals surface area contributed by atoms with E-state index in [1.807, 2.05) is 0 Å². The Kier molecular flexibility index (Phi) is 6.00. The first-order valence-corrected chi connectivity index (χ1v) is 7.86. The van der Waals surface area contributed by atoms with E-state index in [4.69, 9.17) is 14.6 Å². The summed E-state index contributed by atoms with van der Waals surface area (Å²) in [5, 5.41) is 11.8. The Morgan fingerprint density at radius 2 is 1.80 bits per heavy atom. The second-order valence-electron chi connectivity index (χ2n) is 5.90. The van der Waals surface area contributed by atoms with Crippen molar-refractivity contribution >= 4 is 17.6 Å². The van der Waals surface area contributed by atoms with Gasteiger partial charge in [0.2, 0.25) is 0 Å². The Balaban J connectivity index is 2.07. The number of amides is 1. The van der Waals surface area contributed by atoms with Crippen LogP contribution in [0.1, 0.15) is 34.6 Å². The molecule has 0 fully saturated rings. The molecule has 2 N–H and O–H groups in total. The molecular formula is C19H21NO5. The summed E-state index contributed by atoms with van der Waals surface area (Å²) in [6, 6.07) is 11.2. The SMILES string of the molecule is COc1cc(NC(=O)c2ccc(OCC(C)C)cc2)ccc1C(=O)O. The van der Waals surface area contributed by atoms with Gasteiger partial charge in [-0.2, -0.15) is 0 Å². The van der Waals surface area contributed by atoms with Crippen molar-refractivity contribution in [1.82, 2.24) is 0 Å². The van der Waals surface area contributed by atoms with Gasteiger partial charge in [-0.15, -0.1) is 0 Å². The minimum absolute atomic E-state index is 0.0344. The van der Waals surface area contributed by atoms with Crippen LogP contribution in [0.2, 0.25) is 0 Å². The Morgan fingerprint density at radius 3 is 2.36 bits per heavy atom. The van der Waals surface area contributed by atoms with Crippen LogP contribution in [0.15, 0.2) is 42.5 Å². The fourth-order valence-corrected chi connectivity index (χ4v) is 2.11. The van der Waals surface area contributed by atoms with Crippen LogP contribution >= 0.6 is 0 Å². The Labute approximate surface area is 146 Å². The van der Waals surface area contributed by atoms with Gasteiger partial charge in [-0.05, 0) is 42.3 Å². The Morgan fingerprint density at radius 1 is 1.12 bits per heavy atom. The average Bonchev–Trinajstić information content (AvgIpc) is 2.59. The van der Waals surface area contributed by atoms with Crippen molar-refractivity contribution in [2.24, 2.45) is 5.92 Å². The molecule has 0 atom stereocenters. The van der Waals surface area contributed by atoms with Crippen LogP contribution in [0.25, 0.3) is 0 Å². The van der Waals surface area contributed by atoms with Gasteiger partial charge in [-0.3, -0.25) is 4.79 Å². The second kappa shape index (κ2) is 8.19. The number of benzene rings is 2. The Hall–Kier alpha value is -3.02. The molecule has 25 heavy (non-hydrogen) atoms. The zero-order valence-corrected chi connectivity index (χ0v) is 14.4. The average molecular weight is 343 g/mol. The van der Waals surface area contributed by atoms with Gasteiger partial charge in [0.15, 0.2) is 0 Å². The normalized spacial score (nSPS) is 10.4. The van der Waals surface area contributed by atoms with Crippen molar-refractivity contribution in [3.05, 3.63) is 53.6 Å². The molecule has 0 aliphatic carbocycles. The number of ether oxygens (including phenoxy) is 2. The molecular weight excluding hydrogens is 322 g/mol. The van der Waals surface area contributed by atoms with Crippen LogP contribution in [-0.2, 0) is 0 Å². The van der Waals surface area contributed by atoms with Crippen molar-refractivity contribution < 1.29 is 24.2 Å². The number of carboxylic acids is 1. The van der Waals surface area contributed by atoms with E-state index in [2.05, 4.69) is 19.2 Å². The topological polar surface area (TPSA) is 84.9 Å². The van der Waals surface area contributed by atoms with Crippen LogP contribution in [0.5, 0.6) is 11.5 Å². The molecule has 2 rings (SSSR count). The lowest BCUT2D eigenvalue weighted by atomic mass is 10.1. The molecule has 0 saturated carbocycles. The number of hydrogen-bond donors (Lipinski definition) is 2. The molecule has 132 valence electrons. The van der Waals surface area contributed by atoms with Crippen molar-refractivity contribution in [1.29, 1.82) is 0 Å². The maximum Gasteiger partial charge on any atom is 0.339 e. The molecule has 0 unspecified atom stereocenters. The predicted molar refractivity (Wildman–Crippen MR) is 94.7 cm³/mol. The second-order valence-corrected chi connectivity index (χ2v) is 5.90. The van der Waals surface area contributed by atoms with Crippen LogP contribution in [-0.4, -0.2) is 30.7 Å². The lowest BCUT2D eigenvalue weighted by Crippen LogP contribution is -2.12. The lowest BCUT2D eigenvalue weighted by molar-refractivity contribution is 0.0693. The molecule has 0 heterocycles. The van der Waals surface area contributed by atoms with Gasteiger partial charge in [0.1, 0.15) is 17.1 Å². The van der Waals surface area contributed by atoms with E-state index in [1.165, 1.54) is 25.3 Å². The molecule has 0 aromatic heterocycles. The summed E-state index contributed by atoms with van der Waals surface area (Å²) in [4.78, 5) is 23.4. The van der Waals surface area contributed by atoms with Crippen LogP contribution < -0.4 is 14.8 Å². The fraction of sp³-hybridized carbons (Fsp3) is 0.263. The molecule has 2 aromatic carbocycles. The van der Waals surface area contributed by atoms with Gasteiger partial charge in [0.05, 0.1) is 13.7 Å². The first kappa shape index (κ1) is 18.3. The Bertz CT molecular complexity index is 753. The molecule has 0 radical (unpaired) electrons. The molecule has 2 aromatic rings. The number of carbonyl (C=O) groups is 2. The number of rotatable bonds is 7. The highest BCUT2D eigenvalue weighted by atomic mass is 16.5. The summed E-state index contributed by atoms with van der Waals surface area (Å²) in [7, 11) is 1.38. The van der Waals surface area contributed by atoms with Crippen molar-refractivity contribution in [3.8, 4) is 11.5 Å². The zero-order chi connectivity index (χ0) is 18.4. The van der Waals surface area contributed by atoms with Crippen molar-refractivity contribution in [3.63, 3.8) is 0 Å². The van der Waals surface area contributed by atoms with E-state index < -0.39 is 5.97 Å². The van der Waals surface area contributed by atoms with Gasteiger partial charge < -0.3 is 19.9 Å². The summed E-state index contributed by atoms with van der Waals surface area (Å²) >= 11 is 0. The van der Waals surface area contributed by atoms with Crippen LogP contribution in [0, 0.1) is 5.92 Å². The number of carboxylic acid groups (broad SMARTS) is 1. The third-order valence-electron chi connectivity index (χ3n) is 3.39. The minimum atomic E-state index is -1.09. The molecule has 6 heteroatoms. The zero-order valence-electron chi connectivity index (χ0n) is 14.4. The summed E-state index contributed by atoms with van der Waals surface area (Å²) in [5.74, 6) is -0.0838. The number of carbonyl (C=O) groups excluding carboxylic acids is 1. The van der Waals surface area contributed by atoms with Crippen molar-refractivity contribution in [2.45, 2.75) is 13.8 Å². The first-order valence-electron chi connectivity index (χ1n) is 7.86. The highest BCUT2D eigenvalue weighted by Gasteiger charge is 2.13. The molecule has 0 saturated heterocycles. The van der Waals surface area contributed by atoms with E-state index in [1.54, 1.807) is 24.3 Å². The van der Waals surface area contributed by atoms with E-state index in [-0.39, 0.29) is 17.2 Å². The maximum atomic E-state index is 12.3. The summed E-state index contributed by atoms with van der Waals surface area (Å²) in [5.41, 5.74) is 0.956. The number of hydrogen-bond acceptors (Lipinski definition) is 4.